The van der Waals surface area contributed by atoms with E-state index in [0.717, 1.165) is 22.8 Å². The molecule has 182 valence electrons. The predicted molar refractivity (Wildman–Crippen MR) is 131 cm³/mol. The number of anilines is 1. The summed E-state index contributed by atoms with van der Waals surface area (Å²) in [5.41, 5.74) is 3.69. The molecule has 0 atom stereocenters. The van der Waals surface area contributed by atoms with Crippen LogP contribution in [0.2, 0.25) is 0 Å². The minimum atomic E-state index is -0.908. The van der Waals surface area contributed by atoms with Crippen molar-refractivity contribution in [1.82, 2.24) is 4.57 Å². The number of nitrogens with zero attached hydrogens (tertiary/aromatic N) is 2. The van der Waals surface area contributed by atoms with E-state index in [0.29, 0.717) is 17.0 Å². The van der Waals surface area contributed by atoms with Gasteiger partial charge in [0.25, 0.3) is 5.91 Å². The quantitative estimate of drug-likeness (QED) is 0.234. The van der Waals surface area contributed by atoms with E-state index in [1.165, 1.54) is 18.2 Å². The normalized spacial score (nSPS) is 12.6. The smallest absolute Gasteiger partial charge is 0.349 e. The topological polar surface area (TPSA) is 120 Å². The van der Waals surface area contributed by atoms with Gasteiger partial charge in [-0.2, -0.15) is 5.26 Å². The second-order valence-electron chi connectivity index (χ2n) is 8.08. The highest BCUT2D eigenvalue weighted by molar-refractivity contribution is 6.03. The number of benzene rings is 2. The summed E-state index contributed by atoms with van der Waals surface area (Å²) in [4.78, 5) is 36.6. The van der Waals surface area contributed by atoms with Gasteiger partial charge in [-0.3, -0.25) is 9.59 Å². The van der Waals surface area contributed by atoms with Crippen LogP contribution in [0.1, 0.15) is 27.3 Å². The molecular weight excluding hydrogens is 462 g/mol. The van der Waals surface area contributed by atoms with Gasteiger partial charge >= 0.3 is 5.97 Å². The zero-order valence-corrected chi connectivity index (χ0v) is 20.0. The zero-order valence-electron chi connectivity index (χ0n) is 20.0. The monoisotopic (exact) mass is 485 g/mol. The highest BCUT2D eigenvalue weighted by Gasteiger charge is 2.20. The van der Waals surface area contributed by atoms with Crippen molar-refractivity contribution < 1.29 is 28.6 Å². The molecule has 0 radical (unpaired) electrons. The third kappa shape index (κ3) is 4.98. The van der Waals surface area contributed by atoms with Gasteiger partial charge in [0, 0.05) is 22.6 Å². The first kappa shape index (κ1) is 24.3. The first-order valence-electron chi connectivity index (χ1n) is 11.0. The molecule has 0 unspecified atom stereocenters. The molecule has 0 fully saturated rings. The average Bonchev–Trinajstić information content (AvgIpc) is 3.17. The third-order valence-electron chi connectivity index (χ3n) is 5.71. The van der Waals surface area contributed by atoms with E-state index in [4.69, 9.17) is 14.2 Å². The highest BCUT2D eigenvalue weighted by Crippen LogP contribution is 2.29. The molecule has 1 aliphatic rings. The maximum absolute atomic E-state index is 12.6. The van der Waals surface area contributed by atoms with E-state index in [9.17, 15) is 19.6 Å². The number of ketones is 1. The molecule has 1 amide bonds. The van der Waals surface area contributed by atoms with Crippen LogP contribution in [0.5, 0.6) is 11.5 Å². The van der Waals surface area contributed by atoms with Crippen LogP contribution >= 0.6 is 0 Å². The Labute approximate surface area is 207 Å². The third-order valence-corrected chi connectivity index (χ3v) is 5.71. The van der Waals surface area contributed by atoms with Gasteiger partial charge in [0.05, 0.1) is 12.8 Å². The van der Waals surface area contributed by atoms with Gasteiger partial charge in [-0.05, 0) is 74.0 Å². The number of aryl methyl sites for hydroxylation is 1. The number of ether oxygens (including phenoxy) is 3. The van der Waals surface area contributed by atoms with Crippen molar-refractivity contribution in [2.45, 2.75) is 13.8 Å². The SMILES string of the molecule is COc1ccc(-n2c(C)cc(/C=C(\C#N)C(=O)OCC(=O)c3ccc4c(c3)NC(=O)CO4)c2C)cc1. The van der Waals surface area contributed by atoms with Crippen molar-refractivity contribution in [3.63, 3.8) is 0 Å². The van der Waals surface area contributed by atoms with E-state index in [-0.39, 0.29) is 23.7 Å². The van der Waals surface area contributed by atoms with Crippen molar-refractivity contribution in [2.24, 2.45) is 0 Å². The van der Waals surface area contributed by atoms with Crippen LogP contribution in [0.15, 0.2) is 54.1 Å². The molecule has 3 aromatic rings. The fourth-order valence-electron chi connectivity index (χ4n) is 3.90. The summed E-state index contributed by atoms with van der Waals surface area (Å²) in [5, 5.41) is 12.2. The molecule has 2 heterocycles. The lowest BCUT2D eigenvalue weighted by Crippen LogP contribution is -2.25. The number of nitriles is 1. The summed E-state index contributed by atoms with van der Waals surface area (Å²) in [7, 11) is 1.60. The molecule has 0 spiro atoms. The van der Waals surface area contributed by atoms with Gasteiger partial charge in [-0.25, -0.2) is 4.79 Å². The summed E-state index contributed by atoms with van der Waals surface area (Å²) in [6.07, 6.45) is 1.45. The Morgan fingerprint density at radius 2 is 1.92 bits per heavy atom. The minimum Gasteiger partial charge on any atom is -0.497 e. The van der Waals surface area contributed by atoms with Gasteiger partial charge in [0.2, 0.25) is 0 Å². The van der Waals surface area contributed by atoms with E-state index in [1.807, 2.05) is 54.8 Å². The molecule has 1 N–H and O–H groups in total. The van der Waals surface area contributed by atoms with Crippen molar-refractivity contribution in [1.29, 1.82) is 5.26 Å². The Bertz CT molecular complexity index is 1430. The number of hydrogen-bond acceptors (Lipinski definition) is 7. The number of esters is 1. The van der Waals surface area contributed by atoms with Crippen LogP contribution in [-0.2, 0) is 14.3 Å². The number of hydrogen-bond donors (Lipinski definition) is 1. The highest BCUT2D eigenvalue weighted by atomic mass is 16.5. The molecule has 1 aromatic heterocycles. The van der Waals surface area contributed by atoms with Crippen LogP contribution in [0, 0.1) is 25.2 Å². The number of nitrogens with one attached hydrogen (secondary N) is 1. The van der Waals surface area contributed by atoms with Crippen LogP contribution in [-0.4, -0.2) is 42.6 Å². The Morgan fingerprint density at radius 3 is 2.61 bits per heavy atom. The summed E-state index contributed by atoms with van der Waals surface area (Å²) in [6.45, 7) is 3.15. The van der Waals surface area contributed by atoms with E-state index in [1.54, 1.807) is 13.2 Å². The fourth-order valence-corrected chi connectivity index (χ4v) is 3.90. The van der Waals surface area contributed by atoms with E-state index >= 15 is 0 Å². The Morgan fingerprint density at radius 1 is 1.17 bits per heavy atom. The first-order valence-corrected chi connectivity index (χ1v) is 11.0. The summed E-state index contributed by atoms with van der Waals surface area (Å²) >= 11 is 0. The number of carbonyl (C=O) groups is 3. The Kier molecular flexibility index (Phi) is 6.88. The lowest BCUT2D eigenvalue weighted by atomic mass is 10.1. The number of aromatic nitrogens is 1. The maximum atomic E-state index is 12.6. The number of methoxy groups -OCH3 is 1. The molecule has 0 saturated heterocycles. The molecule has 9 nitrogen and oxygen atoms in total. The van der Waals surface area contributed by atoms with Gasteiger partial charge in [0.1, 0.15) is 23.1 Å². The van der Waals surface area contributed by atoms with E-state index in [2.05, 4.69) is 5.32 Å². The molecule has 0 saturated carbocycles. The lowest BCUT2D eigenvalue weighted by molar-refractivity contribution is -0.137. The van der Waals surface area contributed by atoms with Crippen LogP contribution in [0.4, 0.5) is 5.69 Å². The summed E-state index contributed by atoms with van der Waals surface area (Å²) < 4.78 is 17.6. The maximum Gasteiger partial charge on any atom is 0.349 e. The van der Waals surface area contributed by atoms with Crippen molar-refractivity contribution in [2.75, 3.05) is 25.6 Å². The van der Waals surface area contributed by atoms with Gasteiger partial charge < -0.3 is 24.1 Å². The molecule has 36 heavy (non-hydrogen) atoms. The number of fused-ring (bicyclic) bond motifs is 1. The van der Waals surface area contributed by atoms with Crippen LogP contribution < -0.4 is 14.8 Å². The molecule has 0 bridgehead atoms. The van der Waals surface area contributed by atoms with Crippen LogP contribution in [0.25, 0.3) is 11.8 Å². The molecule has 4 rings (SSSR count). The van der Waals surface area contributed by atoms with Gasteiger partial charge in [0.15, 0.2) is 19.0 Å². The second kappa shape index (κ2) is 10.2. The summed E-state index contributed by atoms with van der Waals surface area (Å²) in [6, 6.07) is 15.8. The standard InChI is InChI=1S/C27H23N3O6/c1-16-10-19(17(2)30(16)21-5-7-22(34-3)8-6-21)11-20(13-28)27(33)36-14-24(31)18-4-9-25-23(12-18)29-26(32)15-35-25/h4-12H,14-15H2,1-3H3,(H,29,32)/b20-11+. The van der Waals surface area contributed by atoms with Crippen LogP contribution in [0.3, 0.4) is 0 Å². The number of amides is 1. The van der Waals surface area contributed by atoms with Crippen molar-refractivity contribution >= 4 is 29.4 Å². The summed E-state index contributed by atoms with van der Waals surface area (Å²) in [5.74, 6) is -0.534. The van der Waals surface area contributed by atoms with Gasteiger partial charge in [-0.15, -0.1) is 0 Å². The molecule has 2 aromatic carbocycles. The zero-order chi connectivity index (χ0) is 25.8. The molecular formula is C27H23N3O6. The van der Waals surface area contributed by atoms with Crippen molar-refractivity contribution in [3.05, 3.63) is 76.6 Å². The first-order chi connectivity index (χ1) is 17.3. The molecule has 9 heteroatoms. The van der Waals surface area contributed by atoms with E-state index < -0.39 is 18.4 Å². The average molecular weight is 485 g/mol. The molecule has 1 aliphatic heterocycles. The predicted octanol–water partition coefficient (Wildman–Crippen LogP) is 3.77. The van der Waals surface area contributed by atoms with Crippen molar-refractivity contribution in [3.8, 4) is 23.3 Å². The fraction of sp³-hybridized carbons (Fsp3) is 0.185. The largest absolute Gasteiger partial charge is 0.497 e. The second-order valence-corrected chi connectivity index (χ2v) is 8.08. The van der Waals surface area contributed by atoms with Gasteiger partial charge in [-0.1, -0.05) is 0 Å². The Balaban J connectivity index is 1.48. The number of rotatable bonds is 7. The lowest BCUT2D eigenvalue weighted by Gasteiger charge is -2.18. The minimum absolute atomic E-state index is 0.0936. The number of Topliss-reactive ketones (excluding diaryl/α,β-unsaturated/α-hetero) is 1. The Hall–Kier alpha value is -4.84. The number of carbonyl (C=O) groups excluding carboxylic acids is 3. The molecule has 0 aliphatic carbocycles.